The number of hydrogen-bond donors (Lipinski definition) is 0. The molecule has 1 aromatic heterocycles. The summed E-state index contributed by atoms with van der Waals surface area (Å²) in [5, 5.41) is -0.646. The van der Waals surface area contributed by atoms with Crippen molar-refractivity contribution in [3.63, 3.8) is 0 Å². The summed E-state index contributed by atoms with van der Waals surface area (Å²) in [7, 11) is 0. The molecule has 0 spiro atoms. The highest BCUT2D eigenvalue weighted by atomic mass is 35.5. The Morgan fingerprint density at radius 2 is 2.09 bits per heavy atom. The number of ether oxygens (including phenoxy) is 1. The highest BCUT2D eigenvalue weighted by Gasteiger charge is 2.01. The zero-order valence-corrected chi connectivity index (χ0v) is 6.52. The van der Waals surface area contributed by atoms with E-state index in [0.29, 0.717) is 0 Å². The van der Waals surface area contributed by atoms with Gasteiger partial charge in [-0.2, -0.15) is 15.0 Å². The fraction of sp³-hybridized carbons (Fsp3) is 0.400. The lowest BCUT2D eigenvalue weighted by molar-refractivity contribution is 0.311. The van der Waals surface area contributed by atoms with Gasteiger partial charge < -0.3 is 4.74 Å². The lowest BCUT2D eigenvalue weighted by atomic mass is 10.9. The van der Waals surface area contributed by atoms with Crippen molar-refractivity contribution in [3.8, 4) is 6.01 Å². The molecule has 1 rings (SSSR count). The van der Waals surface area contributed by atoms with Gasteiger partial charge in [0.05, 0.1) is 9.30 Å². The monoisotopic (exact) mass is 198 g/mol. The van der Waals surface area contributed by atoms with E-state index in [-0.39, 0.29) is 10.6 Å². The molecule has 0 aliphatic heterocycles. The first-order valence-corrected chi connectivity index (χ1v) is 3.13. The van der Waals surface area contributed by atoms with Crippen LogP contribution in [0.1, 0.15) is 13.7 Å². The first kappa shape index (κ1) is 3.87. The average Bonchev–Trinajstić information content (AvgIpc) is 1.97. The van der Waals surface area contributed by atoms with E-state index < -0.39 is 19.4 Å². The van der Waals surface area contributed by atoms with Gasteiger partial charge >= 0.3 is 6.01 Å². The zero-order valence-electron chi connectivity index (χ0n) is 10.0. The summed E-state index contributed by atoms with van der Waals surface area (Å²) in [5.74, 6) is 0. The summed E-state index contributed by atoms with van der Waals surface area (Å²) in [6, 6.07) is -0.592. The lowest BCUT2D eigenvalue weighted by Crippen LogP contribution is -1.99. The molecule has 0 amide bonds. The number of hydrogen-bond acceptors (Lipinski definition) is 4. The average molecular weight is 199 g/mol. The molecule has 0 aliphatic carbocycles. The van der Waals surface area contributed by atoms with Crippen LogP contribution in [0.5, 0.6) is 6.01 Å². The Bertz CT molecular complexity index is 378. The minimum absolute atomic E-state index is 0.323. The molecule has 4 nitrogen and oxygen atoms in total. The summed E-state index contributed by atoms with van der Waals surface area (Å²) in [4.78, 5) is 10.2. The molecule has 11 heavy (non-hydrogen) atoms. The van der Waals surface area contributed by atoms with E-state index in [1.54, 1.807) is 0 Å². The molecule has 1 heterocycles. The largest absolute Gasteiger partial charge is 0.464 e. The van der Waals surface area contributed by atoms with Crippen molar-refractivity contribution in [2.24, 2.45) is 0 Å². The van der Waals surface area contributed by atoms with E-state index in [9.17, 15) is 0 Å². The van der Waals surface area contributed by atoms with E-state index >= 15 is 0 Å². The second-order valence-electron chi connectivity index (χ2n) is 1.36. The van der Waals surface area contributed by atoms with E-state index in [0.717, 1.165) is 0 Å². The van der Waals surface area contributed by atoms with Gasteiger partial charge in [-0.15, -0.1) is 0 Å². The third kappa shape index (κ3) is 2.48. The molecule has 0 atom stereocenters. The number of nitrogens with zero attached hydrogens (tertiary/aromatic N) is 3. The number of halogens is 2. The van der Waals surface area contributed by atoms with Crippen LogP contribution in [0.2, 0.25) is 10.6 Å². The van der Waals surface area contributed by atoms with Gasteiger partial charge in [0.2, 0.25) is 10.6 Å². The maximum atomic E-state index is 7.15. The third-order valence-corrected chi connectivity index (χ3v) is 1.04. The molecule has 6 heteroatoms. The Kier molecular flexibility index (Phi) is 1.30. The maximum Gasteiger partial charge on any atom is 0.322 e. The van der Waals surface area contributed by atoms with Gasteiger partial charge in [0.1, 0.15) is 0 Å². The molecule has 0 aliphatic rings. The normalized spacial score (nSPS) is 18.9. The minimum Gasteiger partial charge on any atom is -0.464 e. The third-order valence-electron chi connectivity index (χ3n) is 0.703. The van der Waals surface area contributed by atoms with Crippen LogP contribution in [0.15, 0.2) is 0 Å². The standard InChI is InChI=1S/C5H5Cl2N3O/c1-2-11-5-9-3(6)8-4(7)10-5/h2H2,1H3/i1D3,2D2. The molecule has 0 aromatic carbocycles. The summed E-state index contributed by atoms with van der Waals surface area (Å²) in [6.45, 7) is -5.93. The van der Waals surface area contributed by atoms with Crippen LogP contribution in [0, 0.1) is 0 Å². The van der Waals surface area contributed by atoms with E-state index in [1.807, 2.05) is 0 Å². The van der Waals surface area contributed by atoms with Gasteiger partial charge in [-0.05, 0) is 30.1 Å². The second-order valence-corrected chi connectivity index (χ2v) is 2.04. The summed E-state index contributed by atoms with van der Waals surface area (Å²) in [5.41, 5.74) is 0. The van der Waals surface area contributed by atoms with Crippen molar-refractivity contribution in [2.45, 2.75) is 6.85 Å². The van der Waals surface area contributed by atoms with Crippen molar-refractivity contribution < 1.29 is 11.6 Å². The highest BCUT2D eigenvalue weighted by molar-refractivity contribution is 6.31. The van der Waals surface area contributed by atoms with Crippen molar-refractivity contribution in [1.29, 1.82) is 0 Å². The topological polar surface area (TPSA) is 47.9 Å². The predicted octanol–water partition coefficient (Wildman–Crippen LogP) is 1.58. The lowest BCUT2D eigenvalue weighted by Gasteiger charge is -1.99. The quantitative estimate of drug-likeness (QED) is 0.725. The van der Waals surface area contributed by atoms with Gasteiger partial charge in [0.15, 0.2) is 0 Å². The van der Waals surface area contributed by atoms with Crippen molar-refractivity contribution in [1.82, 2.24) is 15.0 Å². The SMILES string of the molecule is [2H]C([2H])([2H])C([2H])([2H])Oc1nc(Cl)nc(Cl)n1. The van der Waals surface area contributed by atoms with E-state index in [4.69, 9.17) is 30.1 Å². The fourth-order valence-corrected chi connectivity index (χ4v) is 0.748. The Labute approximate surface area is 80.6 Å². The smallest absolute Gasteiger partial charge is 0.322 e. The molecular formula is C5H5Cl2N3O. The summed E-state index contributed by atoms with van der Waals surface area (Å²) < 4.78 is 39.4. The summed E-state index contributed by atoms with van der Waals surface area (Å²) in [6.07, 6.45) is 0. The van der Waals surface area contributed by atoms with Crippen LogP contribution in [0.25, 0.3) is 0 Å². The van der Waals surface area contributed by atoms with Crippen LogP contribution in [-0.4, -0.2) is 21.5 Å². The number of rotatable bonds is 2. The van der Waals surface area contributed by atoms with Crippen LogP contribution in [0.3, 0.4) is 0 Å². The molecule has 0 unspecified atom stereocenters. The van der Waals surface area contributed by atoms with Crippen LogP contribution in [-0.2, 0) is 0 Å². The van der Waals surface area contributed by atoms with Gasteiger partial charge in [0.25, 0.3) is 0 Å². The van der Waals surface area contributed by atoms with Gasteiger partial charge in [-0.3, -0.25) is 0 Å². The Hall–Kier alpha value is -0.610. The first-order chi connectivity index (χ1) is 7.12. The van der Waals surface area contributed by atoms with E-state index in [1.165, 1.54) is 0 Å². The second kappa shape index (κ2) is 3.69. The molecule has 0 bridgehead atoms. The zero-order chi connectivity index (χ0) is 12.6. The first-order valence-electron chi connectivity index (χ1n) is 4.88. The maximum absolute atomic E-state index is 7.15. The molecule has 1 aromatic rings. The van der Waals surface area contributed by atoms with Crippen molar-refractivity contribution in [2.75, 3.05) is 6.56 Å². The van der Waals surface area contributed by atoms with Gasteiger partial charge in [-0.1, -0.05) is 0 Å². The molecular weight excluding hydrogens is 189 g/mol. The minimum atomic E-state index is -2.99. The fourth-order valence-electron chi connectivity index (χ4n) is 0.400. The summed E-state index contributed by atoms with van der Waals surface area (Å²) >= 11 is 10.8. The highest BCUT2D eigenvalue weighted by Crippen LogP contribution is 2.10. The van der Waals surface area contributed by atoms with Crippen LogP contribution in [0.4, 0.5) is 0 Å². The molecule has 0 N–H and O–H groups in total. The Balaban J connectivity index is 2.96. The molecule has 0 fully saturated rings. The predicted molar refractivity (Wildman–Crippen MR) is 41.0 cm³/mol. The van der Waals surface area contributed by atoms with Gasteiger partial charge in [-0.25, -0.2) is 0 Å². The Morgan fingerprint density at radius 3 is 2.64 bits per heavy atom. The Morgan fingerprint density at radius 1 is 1.45 bits per heavy atom. The van der Waals surface area contributed by atoms with Crippen LogP contribution < -0.4 is 4.74 Å². The number of aromatic nitrogens is 3. The van der Waals surface area contributed by atoms with Crippen LogP contribution >= 0.6 is 23.2 Å². The molecule has 60 valence electrons. The van der Waals surface area contributed by atoms with Crippen molar-refractivity contribution in [3.05, 3.63) is 10.6 Å². The van der Waals surface area contributed by atoms with Gasteiger partial charge in [0, 0.05) is 4.11 Å². The molecule has 0 saturated heterocycles. The van der Waals surface area contributed by atoms with E-state index in [2.05, 4.69) is 19.7 Å². The van der Waals surface area contributed by atoms with Crippen molar-refractivity contribution >= 4 is 23.2 Å². The molecule has 0 radical (unpaired) electrons. The molecule has 0 saturated carbocycles.